The number of hydrogen-bond donors (Lipinski definition) is 2. The third-order valence-corrected chi connectivity index (χ3v) is 5.36. The lowest BCUT2D eigenvalue weighted by Crippen LogP contribution is -2.42. The van der Waals surface area contributed by atoms with Crippen molar-refractivity contribution in [2.45, 2.75) is 39.0 Å². The molecule has 5 nitrogen and oxygen atoms in total. The molecule has 0 amide bonds. The van der Waals surface area contributed by atoms with Gasteiger partial charge in [-0.05, 0) is 50.0 Å². The van der Waals surface area contributed by atoms with Gasteiger partial charge in [0.25, 0.3) is 0 Å². The van der Waals surface area contributed by atoms with Gasteiger partial charge in [-0.25, -0.2) is 4.98 Å². The molecule has 134 valence electrons. The molecule has 0 saturated carbocycles. The number of aliphatic hydroxyl groups is 1. The Kier molecular flexibility index (Phi) is 5.53. The molecule has 25 heavy (non-hydrogen) atoms. The largest absolute Gasteiger partial charge is 0.396 e. The zero-order valence-electron chi connectivity index (χ0n) is 15.0. The van der Waals surface area contributed by atoms with Gasteiger partial charge in [0, 0.05) is 31.5 Å². The summed E-state index contributed by atoms with van der Waals surface area (Å²) in [6, 6.07) is 12.6. The smallest absolute Gasteiger partial charge is 0.222 e. The minimum atomic E-state index is 0.0406. The molecular weight excluding hydrogens is 312 g/mol. The van der Waals surface area contributed by atoms with E-state index < -0.39 is 0 Å². The van der Waals surface area contributed by atoms with Gasteiger partial charge < -0.3 is 15.7 Å². The van der Waals surface area contributed by atoms with Gasteiger partial charge in [0.2, 0.25) is 5.95 Å². The van der Waals surface area contributed by atoms with Crippen molar-refractivity contribution in [2.24, 2.45) is 5.41 Å². The third kappa shape index (κ3) is 4.48. The van der Waals surface area contributed by atoms with Crippen molar-refractivity contribution in [3.8, 4) is 0 Å². The van der Waals surface area contributed by atoms with Crippen molar-refractivity contribution in [2.75, 3.05) is 30.3 Å². The van der Waals surface area contributed by atoms with E-state index in [0.29, 0.717) is 5.95 Å². The molecule has 0 aliphatic carbocycles. The molecule has 1 aromatic carbocycles. The van der Waals surface area contributed by atoms with Gasteiger partial charge in [-0.1, -0.05) is 30.3 Å². The van der Waals surface area contributed by atoms with Crippen LogP contribution in [0.15, 0.2) is 36.4 Å². The van der Waals surface area contributed by atoms with E-state index in [0.717, 1.165) is 56.7 Å². The molecule has 1 aromatic heterocycles. The van der Waals surface area contributed by atoms with Crippen LogP contribution in [0, 0.1) is 12.3 Å². The lowest BCUT2D eigenvalue weighted by molar-refractivity contribution is 0.0849. The molecular formula is C20H28N4O. The number of aromatic nitrogens is 2. The van der Waals surface area contributed by atoms with Crippen molar-refractivity contribution in [1.29, 1.82) is 0 Å². The minimum absolute atomic E-state index is 0.0406. The van der Waals surface area contributed by atoms with Crippen LogP contribution in [0.1, 0.15) is 36.9 Å². The summed E-state index contributed by atoms with van der Waals surface area (Å²) >= 11 is 0. The maximum Gasteiger partial charge on any atom is 0.222 e. The number of nitrogens with two attached hydrogens (primary N) is 1. The fourth-order valence-electron chi connectivity index (χ4n) is 3.75. The second-order valence-corrected chi connectivity index (χ2v) is 7.21. The Labute approximate surface area is 149 Å². The number of nitrogen functional groups attached to an aromatic ring is 1. The van der Waals surface area contributed by atoms with E-state index in [1.807, 2.05) is 13.0 Å². The first kappa shape index (κ1) is 17.7. The number of aliphatic hydroxyl groups excluding tert-OH is 1. The van der Waals surface area contributed by atoms with Gasteiger partial charge in [0.15, 0.2) is 0 Å². The number of hydrogen-bond acceptors (Lipinski definition) is 5. The average Bonchev–Trinajstić information content (AvgIpc) is 2.62. The first-order valence-corrected chi connectivity index (χ1v) is 9.11. The maximum absolute atomic E-state index is 10.0. The van der Waals surface area contributed by atoms with Gasteiger partial charge in [-0.15, -0.1) is 0 Å². The van der Waals surface area contributed by atoms with Crippen LogP contribution in [-0.4, -0.2) is 34.8 Å². The average molecular weight is 340 g/mol. The Bertz CT molecular complexity index is 661. The molecule has 0 atom stereocenters. The molecule has 0 bridgehead atoms. The van der Waals surface area contributed by atoms with Crippen LogP contribution in [0.4, 0.5) is 11.8 Å². The second-order valence-electron chi connectivity index (χ2n) is 7.21. The fourth-order valence-corrected chi connectivity index (χ4v) is 3.75. The Morgan fingerprint density at radius 2 is 1.88 bits per heavy atom. The zero-order chi connectivity index (χ0) is 17.7. The molecule has 5 heteroatoms. The van der Waals surface area contributed by atoms with E-state index in [2.05, 4.69) is 45.2 Å². The molecule has 3 N–H and O–H groups in total. The van der Waals surface area contributed by atoms with E-state index >= 15 is 0 Å². The SMILES string of the molecule is Cc1cc(N2CCC(CO)(CCCc3ccccc3)CC2)nc(N)n1. The summed E-state index contributed by atoms with van der Waals surface area (Å²) in [6.45, 7) is 4.01. The number of rotatable bonds is 6. The Morgan fingerprint density at radius 3 is 2.52 bits per heavy atom. The zero-order valence-corrected chi connectivity index (χ0v) is 15.0. The molecule has 3 rings (SSSR count). The Hall–Kier alpha value is -2.14. The van der Waals surface area contributed by atoms with Crippen LogP contribution in [0.3, 0.4) is 0 Å². The van der Waals surface area contributed by atoms with Crippen LogP contribution < -0.4 is 10.6 Å². The van der Waals surface area contributed by atoms with E-state index in [1.54, 1.807) is 0 Å². The lowest BCUT2D eigenvalue weighted by Gasteiger charge is -2.41. The molecule has 2 heterocycles. The highest BCUT2D eigenvalue weighted by molar-refractivity contribution is 5.43. The van der Waals surface area contributed by atoms with Crippen molar-refractivity contribution >= 4 is 11.8 Å². The summed E-state index contributed by atoms with van der Waals surface area (Å²) < 4.78 is 0. The van der Waals surface area contributed by atoms with Gasteiger partial charge in [0.05, 0.1) is 0 Å². The molecule has 0 spiro atoms. The highest BCUT2D eigenvalue weighted by atomic mass is 16.3. The molecule has 2 aromatic rings. The van der Waals surface area contributed by atoms with Crippen molar-refractivity contribution in [3.63, 3.8) is 0 Å². The monoisotopic (exact) mass is 340 g/mol. The first-order valence-electron chi connectivity index (χ1n) is 9.11. The van der Waals surface area contributed by atoms with E-state index in [9.17, 15) is 5.11 Å². The van der Waals surface area contributed by atoms with Crippen LogP contribution in [0.2, 0.25) is 0 Å². The van der Waals surface area contributed by atoms with Crippen LogP contribution in [0.25, 0.3) is 0 Å². The Morgan fingerprint density at radius 1 is 1.16 bits per heavy atom. The summed E-state index contributed by atoms with van der Waals surface area (Å²) in [6.07, 6.45) is 5.23. The molecule has 1 saturated heterocycles. The van der Waals surface area contributed by atoms with Gasteiger partial charge in [-0.2, -0.15) is 4.98 Å². The normalized spacial score (nSPS) is 16.8. The second kappa shape index (κ2) is 7.83. The van der Waals surface area contributed by atoms with Crippen molar-refractivity contribution in [1.82, 2.24) is 9.97 Å². The maximum atomic E-state index is 10.0. The molecule has 0 unspecified atom stereocenters. The molecule has 1 fully saturated rings. The van der Waals surface area contributed by atoms with Crippen molar-refractivity contribution in [3.05, 3.63) is 47.7 Å². The standard InChI is InChI=1S/C20H28N4O/c1-16-14-18(23-19(21)22-16)24-12-10-20(15-25,11-13-24)9-5-8-17-6-3-2-4-7-17/h2-4,6-7,14,25H,5,8-13,15H2,1H3,(H2,21,22,23). The summed E-state index contributed by atoms with van der Waals surface area (Å²) in [5.41, 5.74) is 8.09. The first-order chi connectivity index (χ1) is 12.1. The summed E-state index contributed by atoms with van der Waals surface area (Å²) in [7, 11) is 0. The fraction of sp³-hybridized carbons (Fsp3) is 0.500. The van der Waals surface area contributed by atoms with Crippen LogP contribution in [-0.2, 0) is 6.42 Å². The van der Waals surface area contributed by atoms with E-state index in [-0.39, 0.29) is 12.0 Å². The summed E-state index contributed by atoms with van der Waals surface area (Å²) in [5.74, 6) is 1.23. The van der Waals surface area contributed by atoms with Crippen LogP contribution in [0.5, 0.6) is 0 Å². The van der Waals surface area contributed by atoms with Crippen molar-refractivity contribution < 1.29 is 5.11 Å². The number of aryl methyl sites for hydroxylation is 2. The predicted octanol–water partition coefficient (Wildman–Crippen LogP) is 2.97. The number of anilines is 2. The molecule has 0 radical (unpaired) electrons. The number of benzene rings is 1. The van der Waals surface area contributed by atoms with E-state index in [1.165, 1.54) is 5.56 Å². The lowest BCUT2D eigenvalue weighted by atomic mass is 9.75. The number of nitrogens with zero attached hydrogens (tertiary/aromatic N) is 3. The minimum Gasteiger partial charge on any atom is -0.396 e. The summed E-state index contributed by atoms with van der Waals surface area (Å²) in [5, 5.41) is 10.0. The molecule has 1 aliphatic heterocycles. The van der Waals surface area contributed by atoms with Gasteiger partial charge >= 0.3 is 0 Å². The highest BCUT2D eigenvalue weighted by Gasteiger charge is 2.34. The Balaban J connectivity index is 1.56. The van der Waals surface area contributed by atoms with Gasteiger partial charge in [-0.3, -0.25) is 0 Å². The summed E-state index contributed by atoms with van der Waals surface area (Å²) in [4.78, 5) is 10.8. The van der Waals surface area contributed by atoms with Gasteiger partial charge in [0.1, 0.15) is 5.82 Å². The topological polar surface area (TPSA) is 75.3 Å². The highest BCUT2D eigenvalue weighted by Crippen LogP contribution is 2.37. The third-order valence-electron chi connectivity index (χ3n) is 5.36. The van der Waals surface area contributed by atoms with Crippen LogP contribution >= 0.6 is 0 Å². The molecule has 1 aliphatic rings. The van der Waals surface area contributed by atoms with E-state index in [4.69, 9.17) is 5.73 Å². The number of piperidine rings is 1. The quantitative estimate of drug-likeness (QED) is 0.845. The predicted molar refractivity (Wildman–Crippen MR) is 102 cm³/mol.